The van der Waals surface area contributed by atoms with Crippen LogP contribution in [-0.4, -0.2) is 26.0 Å². The molecule has 0 spiro atoms. The summed E-state index contributed by atoms with van der Waals surface area (Å²) in [4.78, 5) is 22.9. The van der Waals surface area contributed by atoms with Crippen LogP contribution in [0, 0.1) is 6.92 Å². The van der Waals surface area contributed by atoms with Gasteiger partial charge in [-0.25, -0.2) is 14.8 Å². The Bertz CT molecular complexity index is 826. The van der Waals surface area contributed by atoms with Gasteiger partial charge >= 0.3 is 5.97 Å². The Balaban J connectivity index is 2.27. The van der Waals surface area contributed by atoms with Crippen LogP contribution in [0.3, 0.4) is 0 Å². The zero-order valence-corrected chi connectivity index (χ0v) is 12.1. The van der Waals surface area contributed by atoms with Crippen molar-refractivity contribution >= 4 is 32.9 Å². The SMILES string of the molecule is Cc1nc(-c2ccccc2Br)nc2[nH]cc(C(=O)O)c12. The lowest BCUT2D eigenvalue weighted by molar-refractivity contribution is 0.0699. The molecule has 0 fully saturated rings. The van der Waals surface area contributed by atoms with Crippen molar-refractivity contribution in [1.82, 2.24) is 15.0 Å². The molecule has 1 aromatic carbocycles. The molecule has 20 heavy (non-hydrogen) atoms. The number of hydrogen-bond acceptors (Lipinski definition) is 3. The van der Waals surface area contributed by atoms with Gasteiger partial charge in [0.2, 0.25) is 0 Å². The summed E-state index contributed by atoms with van der Waals surface area (Å²) in [7, 11) is 0. The summed E-state index contributed by atoms with van der Waals surface area (Å²) >= 11 is 3.47. The van der Waals surface area contributed by atoms with E-state index < -0.39 is 5.97 Å². The van der Waals surface area contributed by atoms with Crippen LogP contribution in [0.25, 0.3) is 22.4 Å². The number of halogens is 1. The fourth-order valence-electron chi connectivity index (χ4n) is 2.14. The molecule has 0 aliphatic heterocycles. The number of aromatic nitrogens is 3. The third-order valence-electron chi connectivity index (χ3n) is 3.06. The molecule has 0 amide bonds. The maximum Gasteiger partial charge on any atom is 0.338 e. The highest BCUT2D eigenvalue weighted by Crippen LogP contribution is 2.28. The number of hydrogen-bond donors (Lipinski definition) is 2. The van der Waals surface area contributed by atoms with Crippen LogP contribution in [0.15, 0.2) is 34.9 Å². The summed E-state index contributed by atoms with van der Waals surface area (Å²) in [6.45, 7) is 1.78. The molecular weight excluding hydrogens is 322 g/mol. The van der Waals surface area contributed by atoms with Crippen LogP contribution in [-0.2, 0) is 0 Å². The number of nitrogens with zero attached hydrogens (tertiary/aromatic N) is 2. The van der Waals surface area contributed by atoms with Crippen LogP contribution in [0.5, 0.6) is 0 Å². The molecule has 2 heterocycles. The second kappa shape index (κ2) is 4.72. The number of aromatic amines is 1. The maximum absolute atomic E-state index is 11.2. The number of carboxylic acid groups (broad SMARTS) is 1. The predicted molar refractivity (Wildman–Crippen MR) is 78.7 cm³/mol. The molecule has 0 aliphatic carbocycles. The lowest BCUT2D eigenvalue weighted by Crippen LogP contribution is -1.98. The average molecular weight is 332 g/mol. The highest BCUT2D eigenvalue weighted by molar-refractivity contribution is 9.10. The topological polar surface area (TPSA) is 78.9 Å². The van der Waals surface area contributed by atoms with Crippen molar-refractivity contribution in [3.8, 4) is 11.4 Å². The molecule has 0 saturated heterocycles. The molecule has 0 unspecified atom stereocenters. The smallest absolute Gasteiger partial charge is 0.338 e. The molecule has 6 heteroatoms. The van der Waals surface area contributed by atoms with Crippen LogP contribution in [0.1, 0.15) is 16.1 Å². The Hall–Kier alpha value is -2.21. The fourth-order valence-corrected chi connectivity index (χ4v) is 2.61. The van der Waals surface area contributed by atoms with Gasteiger partial charge in [0.05, 0.1) is 16.6 Å². The van der Waals surface area contributed by atoms with Gasteiger partial charge in [-0.3, -0.25) is 0 Å². The number of nitrogens with one attached hydrogen (secondary N) is 1. The van der Waals surface area contributed by atoms with Crippen molar-refractivity contribution in [2.45, 2.75) is 6.92 Å². The van der Waals surface area contributed by atoms with Crippen molar-refractivity contribution in [1.29, 1.82) is 0 Å². The van der Waals surface area contributed by atoms with Crippen molar-refractivity contribution in [2.24, 2.45) is 0 Å². The van der Waals surface area contributed by atoms with E-state index in [4.69, 9.17) is 5.11 Å². The highest BCUT2D eigenvalue weighted by Gasteiger charge is 2.16. The number of aryl methyl sites for hydroxylation is 1. The normalized spacial score (nSPS) is 10.9. The lowest BCUT2D eigenvalue weighted by atomic mass is 10.1. The number of rotatable bonds is 2. The van der Waals surface area contributed by atoms with Crippen molar-refractivity contribution in [3.63, 3.8) is 0 Å². The highest BCUT2D eigenvalue weighted by atomic mass is 79.9. The second-order valence-corrected chi connectivity index (χ2v) is 5.20. The van der Waals surface area contributed by atoms with Gasteiger partial charge < -0.3 is 10.1 Å². The number of carboxylic acids is 1. The Morgan fingerprint density at radius 3 is 2.75 bits per heavy atom. The van der Waals surface area contributed by atoms with Gasteiger partial charge in [0, 0.05) is 16.2 Å². The standard InChI is InChI=1S/C14H10BrN3O2/c1-7-11-9(14(19)20)6-16-13(11)18-12(17-7)8-4-2-3-5-10(8)15/h2-6H,1H3,(H,19,20)(H,16,17,18). The van der Waals surface area contributed by atoms with Crippen molar-refractivity contribution in [3.05, 3.63) is 46.2 Å². The first-order chi connectivity index (χ1) is 9.58. The van der Waals surface area contributed by atoms with E-state index in [-0.39, 0.29) is 5.56 Å². The second-order valence-electron chi connectivity index (χ2n) is 4.34. The first-order valence-electron chi connectivity index (χ1n) is 5.92. The lowest BCUT2D eigenvalue weighted by Gasteiger charge is -2.05. The van der Waals surface area contributed by atoms with Crippen molar-refractivity contribution in [2.75, 3.05) is 0 Å². The van der Waals surface area contributed by atoms with Crippen LogP contribution in [0.4, 0.5) is 0 Å². The third-order valence-corrected chi connectivity index (χ3v) is 3.75. The molecule has 0 saturated carbocycles. The van der Waals surface area contributed by atoms with E-state index in [1.54, 1.807) is 6.92 Å². The molecular formula is C14H10BrN3O2. The van der Waals surface area contributed by atoms with Gasteiger partial charge in [0.15, 0.2) is 5.82 Å². The minimum Gasteiger partial charge on any atom is -0.478 e. The molecule has 2 aromatic heterocycles. The van der Waals surface area contributed by atoms with Gasteiger partial charge in [-0.05, 0) is 13.0 Å². The molecule has 0 radical (unpaired) electrons. The van der Waals surface area contributed by atoms with E-state index in [0.717, 1.165) is 10.0 Å². The zero-order valence-electron chi connectivity index (χ0n) is 10.5. The van der Waals surface area contributed by atoms with E-state index in [2.05, 4.69) is 30.9 Å². The van der Waals surface area contributed by atoms with E-state index in [9.17, 15) is 4.79 Å². The summed E-state index contributed by atoms with van der Waals surface area (Å²) in [5.74, 6) is -0.433. The Labute approximate surface area is 122 Å². The summed E-state index contributed by atoms with van der Waals surface area (Å²) in [6.07, 6.45) is 1.44. The maximum atomic E-state index is 11.2. The minimum atomic E-state index is -0.989. The number of aromatic carboxylic acids is 1. The molecule has 5 nitrogen and oxygen atoms in total. The van der Waals surface area contributed by atoms with E-state index in [0.29, 0.717) is 22.6 Å². The predicted octanol–water partition coefficient (Wildman–Crippen LogP) is 3.39. The van der Waals surface area contributed by atoms with E-state index in [1.165, 1.54) is 6.20 Å². The molecule has 0 atom stereocenters. The summed E-state index contributed by atoms with van der Waals surface area (Å²) < 4.78 is 0.892. The quantitative estimate of drug-likeness (QED) is 0.754. The minimum absolute atomic E-state index is 0.191. The van der Waals surface area contributed by atoms with E-state index >= 15 is 0 Å². The number of carbonyl (C=O) groups is 1. The number of H-pyrrole nitrogens is 1. The summed E-state index contributed by atoms with van der Waals surface area (Å²) in [6, 6.07) is 7.64. The first kappa shape index (κ1) is 12.8. The molecule has 3 aromatic rings. The third kappa shape index (κ3) is 1.98. The van der Waals surface area contributed by atoms with Crippen LogP contribution >= 0.6 is 15.9 Å². The van der Waals surface area contributed by atoms with Gasteiger partial charge in [-0.15, -0.1) is 0 Å². The first-order valence-corrected chi connectivity index (χ1v) is 6.71. The Morgan fingerprint density at radius 1 is 1.30 bits per heavy atom. The summed E-state index contributed by atoms with van der Waals surface area (Å²) in [5.41, 5.74) is 2.22. The van der Waals surface area contributed by atoms with Gasteiger partial charge in [-0.2, -0.15) is 0 Å². The number of fused-ring (bicyclic) bond motifs is 1. The molecule has 0 aliphatic rings. The van der Waals surface area contributed by atoms with Crippen molar-refractivity contribution < 1.29 is 9.90 Å². The Kier molecular flexibility index (Phi) is 3.02. The molecule has 0 bridgehead atoms. The largest absolute Gasteiger partial charge is 0.478 e. The van der Waals surface area contributed by atoms with Crippen LogP contribution in [0.2, 0.25) is 0 Å². The number of benzene rings is 1. The Morgan fingerprint density at radius 2 is 2.05 bits per heavy atom. The van der Waals surface area contributed by atoms with Gasteiger partial charge in [0.25, 0.3) is 0 Å². The van der Waals surface area contributed by atoms with Gasteiger partial charge in [0.1, 0.15) is 5.65 Å². The van der Waals surface area contributed by atoms with E-state index in [1.807, 2.05) is 24.3 Å². The average Bonchev–Trinajstić information content (AvgIpc) is 2.83. The van der Waals surface area contributed by atoms with Gasteiger partial charge in [-0.1, -0.05) is 34.1 Å². The summed E-state index contributed by atoms with van der Waals surface area (Å²) in [5, 5.41) is 9.69. The van der Waals surface area contributed by atoms with Crippen LogP contribution < -0.4 is 0 Å². The molecule has 100 valence electrons. The molecule has 2 N–H and O–H groups in total. The fraction of sp³-hybridized carbons (Fsp3) is 0.0714. The zero-order chi connectivity index (χ0) is 14.3. The monoisotopic (exact) mass is 331 g/mol. The molecule has 3 rings (SSSR count).